The maximum atomic E-state index is 8.60. The van der Waals surface area contributed by atoms with Crippen molar-refractivity contribution in [2.24, 2.45) is 0 Å². The summed E-state index contributed by atoms with van der Waals surface area (Å²) in [6.07, 6.45) is 2.52. The molecule has 0 aliphatic heterocycles. The van der Waals surface area contributed by atoms with E-state index in [-0.39, 0.29) is 9.84 Å². The van der Waals surface area contributed by atoms with Gasteiger partial charge in [0.1, 0.15) is 0 Å². The molecule has 0 fully saturated rings. The second-order valence-electron chi connectivity index (χ2n) is 1.11. The van der Waals surface area contributed by atoms with Crippen molar-refractivity contribution in [1.82, 2.24) is 0 Å². The van der Waals surface area contributed by atoms with Crippen molar-refractivity contribution in [2.75, 3.05) is 0 Å². The first kappa shape index (κ1) is 7.80. The van der Waals surface area contributed by atoms with Crippen LogP contribution >= 0.6 is 0 Å². The SMILES string of the molecule is C=C/C(O)=C\[C](O)=[W]. The summed E-state index contributed by atoms with van der Waals surface area (Å²) in [5.41, 5.74) is 0. The Morgan fingerprint density at radius 2 is 2.00 bits per heavy atom. The van der Waals surface area contributed by atoms with Crippen LogP contribution in [-0.4, -0.2) is 14.3 Å². The predicted octanol–water partition coefficient (Wildman–Crippen LogP) is 0.663. The van der Waals surface area contributed by atoms with Crippen molar-refractivity contribution in [3.8, 4) is 0 Å². The van der Waals surface area contributed by atoms with Gasteiger partial charge >= 0.3 is 58.1 Å². The van der Waals surface area contributed by atoms with Gasteiger partial charge in [-0.05, 0) is 0 Å². The van der Waals surface area contributed by atoms with Gasteiger partial charge in [-0.25, -0.2) is 0 Å². The van der Waals surface area contributed by atoms with E-state index in [0.717, 1.165) is 19.4 Å². The normalized spacial score (nSPS) is 10.9. The van der Waals surface area contributed by atoms with Gasteiger partial charge in [-0.1, -0.05) is 0 Å². The zero-order valence-corrected chi connectivity index (χ0v) is 7.10. The van der Waals surface area contributed by atoms with Gasteiger partial charge in [-0.3, -0.25) is 0 Å². The fourth-order valence-electron chi connectivity index (χ4n) is 0.185. The average molecular weight is 282 g/mol. The fourth-order valence-corrected chi connectivity index (χ4v) is 0.619. The third-order valence-electron chi connectivity index (χ3n) is 0.480. The van der Waals surface area contributed by atoms with Gasteiger partial charge in [0.25, 0.3) is 0 Å². The van der Waals surface area contributed by atoms with E-state index in [1.54, 1.807) is 0 Å². The molecule has 0 radical (unpaired) electrons. The van der Waals surface area contributed by atoms with E-state index in [2.05, 4.69) is 6.58 Å². The molecule has 0 atom stereocenters. The first-order valence-corrected chi connectivity index (χ1v) is 3.39. The zero-order chi connectivity index (χ0) is 6.57. The Morgan fingerprint density at radius 1 is 1.50 bits per heavy atom. The summed E-state index contributed by atoms with van der Waals surface area (Å²) < 4.78 is 0.155. The molecule has 0 aromatic rings. The van der Waals surface area contributed by atoms with E-state index in [4.69, 9.17) is 10.2 Å². The Bertz CT molecular complexity index is 137. The zero-order valence-electron chi connectivity index (χ0n) is 4.16. The molecule has 8 heavy (non-hydrogen) atoms. The summed E-state index contributed by atoms with van der Waals surface area (Å²) >= 11 is 0.924. The molecule has 44 valence electrons. The average Bonchev–Trinajstić information content (AvgIpc) is 1.65. The molecule has 0 aliphatic carbocycles. The van der Waals surface area contributed by atoms with Gasteiger partial charge in [-0.15, -0.1) is 0 Å². The van der Waals surface area contributed by atoms with Crippen molar-refractivity contribution >= 4 is 4.08 Å². The Balaban J connectivity index is 3.94. The van der Waals surface area contributed by atoms with Crippen LogP contribution in [0.4, 0.5) is 0 Å². The van der Waals surface area contributed by atoms with E-state index in [9.17, 15) is 0 Å². The minimum absolute atomic E-state index is 0.00231. The summed E-state index contributed by atoms with van der Waals surface area (Å²) in [5.74, 6) is -0.00231. The van der Waals surface area contributed by atoms with Crippen LogP contribution in [0.1, 0.15) is 0 Å². The second-order valence-corrected chi connectivity index (χ2v) is 2.61. The van der Waals surface area contributed by atoms with Crippen LogP contribution in [-0.2, 0) is 19.4 Å². The summed E-state index contributed by atoms with van der Waals surface area (Å²) in [5, 5.41) is 17.1. The topological polar surface area (TPSA) is 40.5 Å². The maximum absolute atomic E-state index is 8.60. The standard InChI is InChI=1S/C5H6O2.W/c1-2-5(7)3-4-6;/h2-3,6-7H,1H2;/b5-3+;. The van der Waals surface area contributed by atoms with Crippen LogP contribution < -0.4 is 0 Å². The predicted molar refractivity (Wildman–Crippen MR) is 27.9 cm³/mol. The quantitative estimate of drug-likeness (QED) is 0.577. The van der Waals surface area contributed by atoms with Gasteiger partial charge in [0.15, 0.2) is 0 Å². The molecule has 0 saturated carbocycles. The van der Waals surface area contributed by atoms with Gasteiger partial charge in [0.05, 0.1) is 0 Å². The van der Waals surface area contributed by atoms with Gasteiger partial charge < -0.3 is 0 Å². The molecule has 0 unspecified atom stereocenters. The molecule has 0 heterocycles. The van der Waals surface area contributed by atoms with Crippen LogP contribution in [0.2, 0.25) is 0 Å². The van der Waals surface area contributed by atoms with Crippen LogP contribution in [0, 0.1) is 0 Å². The van der Waals surface area contributed by atoms with Crippen molar-refractivity contribution in [3.63, 3.8) is 0 Å². The van der Waals surface area contributed by atoms with Crippen LogP contribution in [0.25, 0.3) is 0 Å². The van der Waals surface area contributed by atoms with Crippen LogP contribution in [0.5, 0.6) is 0 Å². The number of hydrogen-bond acceptors (Lipinski definition) is 2. The molecule has 0 bridgehead atoms. The molecule has 0 aromatic heterocycles. The summed E-state index contributed by atoms with van der Waals surface area (Å²) in [4.78, 5) is 0. The van der Waals surface area contributed by atoms with E-state index in [1.807, 2.05) is 0 Å². The minimum atomic E-state index is -0.00231. The first-order chi connectivity index (χ1) is 3.66. The van der Waals surface area contributed by atoms with Crippen molar-refractivity contribution in [3.05, 3.63) is 24.5 Å². The Labute approximate surface area is 58.6 Å². The van der Waals surface area contributed by atoms with Crippen LogP contribution in [0.15, 0.2) is 24.5 Å². The summed E-state index contributed by atoms with van der Waals surface area (Å²) in [6.45, 7) is 3.28. The number of allylic oxidation sites excluding steroid dienone is 1. The first-order valence-electron chi connectivity index (χ1n) is 1.93. The van der Waals surface area contributed by atoms with Gasteiger partial charge in [-0.2, -0.15) is 0 Å². The van der Waals surface area contributed by atoms with Crippen molar-refractivity contribution in [2.45, 2.75) is 0 Å². The third-order valence-corrected chi connectivity index (χ3v) is 0.904. The number of rotatable bonds is 2. The molecule has 0 aliphatic rings. The van der Waals surface area contributed by atoms with E-state index in [0.29, 0.717) is 0 Å². The molecule has 0 saturated heterocycles. The molecule has 2 N–H and O–H groups in total. The van der Waals surface area contributed by atoms with E-state index >= 15 is 0 Å². The van der Waals surface area contributed by atoms with Crippen molar-refractivity contribution in [1.29, 1.82) is 0 Å². The molecule has 0 amide bonds. The molecule has 0 spiro atoms. The van der Waals surface area contributed by atoms with Crippen LogP contribution in [0.3, 0.4) is 0 Å². The van der Waals surface area contributed by atoms with E-state index in [1.165, 1.54) is 12.2 Å². The number of hydrogen-bond donors (Lipinski definition) is 2. The Hall–Kier alpha value is -0.202. The summed E-state index contributed by atoms with van der Waals surface area (Å²) in [6, 6.07) is 0. The van der Waals surface area contributed by atoms with Gasteiger partial charge in [0, 0.05) is 0 Å². The molecule has 0 rings (SSSR count). The summed E-state index contributed by atoms with van der Waals surface area (Å²) in [7, 11) is 0. The van der Waals surface area contributed by atoms with Crippen molar-refractivity contribution < 1.29 is 29.6 Å². The Morgan fingerprint density at radius 3 is 2.12 bits per heavy atom. The second kappa shape index (κ2) is 3.76. The molecule has 3 heteroatoms. The Kier molecular flexibility index (Phi) is 3.66. The molecule has 0 aromatic carbocycles. The van der Waals surface area contributed by atoms with E-state index < -0.39 is 0 Å². The third kappa shape index (κ3) is 3.97. The number of aliphatic hydroxyl groups excluding tert-OH is 2. The molecular weight excluding hydrogens is 276 g/mol. The molecule has 2 nitrogen and oxygen atoms in total. The van der Waals surface area contributed by atoms with Gasteiger partial charge in [0.2, 0.25) is 0 Å². The fraction of sp³-hybridized carbons (Fsp3) is 0. The number of aliphatic hydroxyl groups is 2. The monoisotopic (exact) mass is 282 g/mol. The molecular formula is C5H6O2W.